The second-order valence-corrected chi connectivity index (χ2v) is 5.14. The normalized spacial score (nSPS) is 11.6. The summed E-state index contributed by atoms with van der Waals surface area (Å²) in [6.07, 6.45) is -3.69. The van der Waals surface area contributed by atoms with Crippen LogP contribution in [0.4, 0.5) is 19.0 Å². The highest BCUT2D eigenvalue weighted by Crippen LogP contribution is 2.32. The molecule has 3 nitrogen and oxygen atoms in total. The number of nitrogens with zero attached hydrogens (tertiary/aromatic N) is 2. The summed E-state index contributed by atoms with van der Waals surface area (Å²) in [6, 6.07) is 0.851. The molecule has 0 amide bonds. The van der Waals surface area contributed by atoms with Crippen LogP contribution in [0.1, 0.15) is 16.3 Å². The van der Waals surface area contributed by atoms with Crippen LogP contribution in [0, 0.1) is 6.92 Å². The first-order valence-electron chi connectivity index (χ1n) is 5.24. The number of alkyl halides is 3. The Hall–Kier alpha value is -1.34. The number of pyridine rings is 1. The summed E-state index contributed by atoms with van der Waals surface area (Å²) in [4.78, 5) is 7.90. The van der Waals surface area contributed by atoms with Crippen molar-refractivity contribution in [2.75, 3.05) is 5.32 Å². The largest absolute Gasteiger partial charge is 0.417 e. The van der Waals surface area contributed by atoms with Crippen LogP contribution in [0.15, 0.2) is 17.6 Å². The fourth-order valence-electron chi connectivity index (χ4n) is 1.37. The van der Waals surface area contributed by atoms with Crippen LogP contribution in [0.5, 0.6) is 0 Å². The lowest BCUT2D eigenvalue weighted by atomic mass is 10.3. The minimum atomic E-state index is -4.44. The monoisotopic (exact) mass is 307 g/mol. The number of halogens is 4. The molecule has 0 aliphatic carbocycles. The molecule has 19 heavy (non-hydrogen) atoms. The molecule has 2 heterocycles. The quantitative estimate of drug-likeness (QED) is 0.926. The van der Waals surface area contributed by atoms with Crippen molar-refractivity contribution in [1.82, 2.24) is 9.97 Å². The van der Waals surface area contributed by atoms with Crippen LogP contribution in [-0.2, 0) is 12.7 Å². The molecule has 0 bridgehead atoms. The number of anilines is 1. The molecule has 2 aromatic rings. The second-order valence-electron chi connectivity index (χ2n) is 3.79. The van der Waals surface area contributed by atoms with Crippen molar-refractivity contribution < 1.29 is 13.2 Å². The molecule has 0 saturated heterocycles. The highest BCUT2D eigenvalue weighted by molar-refractivity contribution is 7.09. The number of rotatable bonds is 3. The molecule has 1 N–H and O–H groups in total. The van der Waals surface area contributed by atoms with Gasteiger partial charge < -0.3 is 5.32 Å². The Balaban J connectivity index is 2.09. The van der Waals surface area contributed by atoms with Gasteiger partial charge in [0.05, 0.1) is 17.1 Å². The van der Waals surface area contributed by atoms with E-state index in [0.717, 1.165) is 23.0 Å². The lowest BCUT2D eigenvalue weighted by Gasteiger charge is -2.09. The summed E-state index contributed by atoms with van der Waals surface area (Å²) >= 11 is 7.22. The van der Waals surface area contributed by atoms with E-state index >= 15 is 0 Å². The zero-order valence-electron chi connectivity index (χ0n) is 9.75. The molecule has 0 spiro atoms. The molecule has 2 aromatic heterocycles. The highest BCUT2D eigenvalue weighted by Gasteiger charge is 2.31. The fourth-order valence-corrected chi connectivity index (χ4v) is 2.31. The Bertz CT molecular complexity index is 583. The third-order valence-electron chi connectivity index (χ3n) is 2.24. The van der Waals surface area contributed by atoms with Gasteiger partial charge in [0.25, 0.3) is 0 Å². The average molecular weight is 308 g/mol. The molecule has 0 aliphatic rings. The van der Waals surface area contributed by atoms with Crippen molar-refractivity contribution in [3.8, 4) is 0 Å². The Morgan fingerprint density at radius 1 is 1.42 bits per heavy atom. The van der Waals surface area contributed by atoms with E-state index in [-0.39, 0.29) is 10.8 Å². The third-order valence-corrected chi connectivity index (χ3v) is 3.50. The highest BCUT2D eigenvalue weighted by atomic mass is 35.5. The number of aryl methyl sites for hydroxylation is 1. The van der Waals surface area contributed by atoms with E-state index in [9.17, 15) is 13.2 Å². The molecule has 0 radical (unpaired) electrons. The SMILES string of the molecule is Cc1csc(CNc2ncc(C(F)(F)F)cc2Cl)n1. The maximum Gasteiger partial charge on any atom is 0.417 e. The lowest BCUT2D eigenvalue weighted by Crippen LogP contribution is -2.08. The van der Waals surface area contributed by atoms with Crippen molar-refractivity contribution in [2.45, 2.75) is 19.6 Å². The molecular formula is C11H9ClF3N3S. The van der Waals surface area contributed by atoms with Crippen LogP contribution in [0.25, 0.3) is 0 Å². The van der Waals surface area contributed by atoms with Gasteiger partial charge in [0.1, 0.15) is 10.8 Å². The Kier molecular flexibility index (Phi) is 3.96. The molecule has 0 aromatic carbocycles. The minimum absolute atomic E-state index is 0.0666. The van der Waals surface area contributed by atoms with Gasteiger partial charge in [-0.05, 0) is 13.0 Å². The molecule has 0 fully saturated rings. The molecule has 2 rings (SSSR count). The smallest absolute Gasteiger partial charge is 0.362 e. The molecule has 0 atom stereocenters. The Morgan fingerprint density at radius 2 is 2.16 bits per heavy atom. The van der Waals surface area contributed by atoms with E-state index < -0.39 is 11.7 Å². The summed E-state index contributed by atoms with van der Waals surface area (Å²) in [5, 5.41) is 5.49. The maximum absolute atomic E-state index is 12.4. The zero-order valence-corrected chi connectivity index (χ0v) is 11.3. The first kappa shape index (κ1) is 14.1. The summed E-state index contributed by atoms with van der Waals surface area (Å²) in [6.45, 7) is 2.24. The van der Waals surface area contributed by atoms with Crippen molar-refractivity contribution >= 4 is 28.8 Å². The van der Waals surface area contributed by atoms with Gasteiger partial charge in [-0.2, -0.15) is 13.2 Å². The van der Waals surface area contributed by atoms with E-state index in [4.69, 9.17) is 11.6 Å². The predicted octanol–water partition coefficient (Wildman–Crippen LogP) is 4.13. The minimum Gasteiger partial charge on any atom is -0.362 e. The van der Waals surface area contributed by atoms with Gasteiger partial charge in [0, 0.05) is 17.3 Å². The van der Waals surface area contributed by atoms with Crippen molar-refractivity contribution in [1.29, 1.82) is 0 Å². The Labute approximate surface area is 116 Å². The van der Waals surface area contributed by atoms with Gasteiger partial charge in [-0.3, -0.25) is 0 Å². The summed E-state index contributed by atoms with van der Waals surface area (Å²) in [5.41, 5.74) is 0.0291. The lowest BCUT2D eigenvalue weighted by molar-refractivity contribution is -0.137. The number of thiazole rings is 1. The first-order valence-corrected chi connectivity index (χ1v) is 6.49. The molecule has 0 saturated carbocycles. The molecule has 0 aliphatic heterocycles. The maximum atomic E-state index is 12.4. The number of nitrogens with one attached hydrogen (secondary N) is 1. The zero-order chi connectivity index (χ0) is 14.0. The summed E-state index contributed by atoms with van der Waals surface area (Å²) in [5.74, 6) is 0.211. The van der Waals surface area contributed by atoms with Gasteiger partial charge >= 0.3 is 6.18 Å². The van der Waals surface area contributed by atoms with Gasteiger partial charge in [-0.1, -0.05) is 11.6 Å². The van der Waals surface area contributed by atoms with E-state index in [1.165, 1.54) is 11.3 Å². The van der Waals surface area contributed by atoms with E-state index in [2.05, 4.69) is 15.3 Å². The van der Waals surface area contributed by atoms with Crippen molar-refractivity contribution in [3.63, 3.8) is 0 Å². The molecule has 0 unspecified atom stereocenters. The van der Waals surface area contributed by atoms with Crippen molar-refractivity contribution in [2.24, 2.45) is 0 Å². The van der Waals surface area contributed by atoms with Crippen LogP contribution >= 0.6 is 22.9 Å². The van der Waals surface area contributed by atoms with Crippen LogP contribution < -0.4 is 5.32 Å². The molecule has 8 heteroatoms. The van der Waals surface area contributed by atoms with Gasteiger partial charge in [-0.25, -0.2) is 9.97 Å². The predicted molar refractivity (Wildman–Crippen MR) is 68.4 cm³/mol. The van der Waals surface area contributed by atoms with E-state index in [1.807, 2.05) is 12.3 Å². The third kappa shape index (κ3) is 3.57. The summed E-state index contributed by atoms with van der Waals surface area (Å²) in [7, 11) is 0. The van der Waals surface area contributed by atoms with E-state index in [1.54, 1.807) is 0 Å². The van der Waals surface area contributed by atoms with Crippen molar-refractivity contribution in [3.05, 3.63) is 38.9 Å². The van der Waals surface area contributed by atoms with Crippen LogP contribution in [0.3, 0.4) is 0 Å². The van der Waals surface area contributed by atoms with E-state index in [0.29, 0.717) is 6.54 Å². The topological polar surface area (TPSA) is 37.8 Å². The van der Waals surface area contributed by atoms with Gasteiger partial charge in [-0.15, -0.1) is 11.3 Å². The number of hydrogen-bond acceptors (Lipinski definition) is 4. The fraction of sp³-hybridized carbons (Fsp3) is 0.273. The Morgan fingerprint density at radius 3 is 2.68 bits per heavy atom. The average Bonchev–Trinajstić information content (AvgIpc) is 2.72. The standard InChI is InChI=1S/C11H9ClF3N3S/c1-6-5-19-9(18-6)4-17-10-8(12)2-7(3-16-10)11(13,14)15/h2-3,5H,4H2,1H3,(H,16,17). The number of hydrogen-bond donors (Lipinski definition) is 1. The molecule has 102 valence electrons. The number of aromatic nitrogens is 2. The summed E-state index contributed by atoms with van der Waals surface area (Å²) < 4.78 is 37.3. The van der Waals surface area contributed by atoms with Crippen LogP contribution in [-0.4, -0.2) is 9.97 Å². The second kappa shape index (κ2) is 5.34. The molecular weight excluding hydrogens is 299 g/mol. The van der Waals surface area contributed by atoms with Crippen LogP contribution in [0.2, 0.25) is 5.02 Å². The van der Waals surface area contributed by atoms with Gasteiger partial charge in [0.15, 0.2) is 0 Å². The first-order chi connectivity index (χ1) is 8.86. The van der Waals surface area contributed by atoms with Gasteiger partial charge in [0.2, 0.25) is 0 Å².